The van der Waals surface area contributed by atoms with Crippen LogP contribution in [0.1, 0.15) is 43.6 Å². The number of Topliss-reactive ketones (excluding diaryl/α,β-unsaturated/α-hetero) is 1. The molecule has 0 N–H and O–H groups in total. The van der Waals surface area contributed by atoms with Crippen molar-refractivity contribution < 1.29 is 14.3 Å². The Kier molecular flexibility index (Phi) is 4.95. The lowest BCUT2D eigenvalue weighted by Crippen LogP contribution is -2.04. The van der Waals surface area contributed by atoms with Crippen LogP contribution in [-0.2, 0) is 0 Å². The number of benzene rings is 1. The summed E-state index contributed by atoms with van der Waals surface area (Å²) in [5.41, 5.74) is 2.28. The first-order valence-corrected chi connectivity index (χ1v) is 6.11. The van der Waals surface area contributed by atoms with Gasteiger partial charge in [-0.2, -0.15) is 0 Å². The van der Waals surface area contributed by atoms with Crippen LogP contribution < -0.4 is 9.47 Å². The predicted octanol–water partition coefficient (Wildman–Crippen LogP) is 3.72. The average molecular weight is 248 g/mol. The molecule has 3 nitrogen and oxygen atoms in total. The van der Waals surface area contributed by atoms with Crippen LogP contribution in [-0.4, -0.2) is 19.0 Å². The van der Waals surface area contributed by atoms with Crippen LogP contribution in [0, 0.1) is 0 Å². The minimum absolute atomic E-state index is 0.00910. The van der Waals surface area contributed by atoms with Gasteiger partial charge in [0.2, 0.25) is 0 Å². The van der Waals surface area contributed by atoms with Crippen LogP contribution in [0.5, 0.6) is 11.5 Å². The number of rotatable bonds is 6. The number of carbonyl (C=O) groups excluding carboxylic acids is 1. The summed E-state index contributed by atoms with van der Waals surface area (Å²) in [7, 11) is 0. The number of hydrogen-bond acceptors (Lipinski definition) is 3. The Labute approximate surface area is 108 Å². The second-order valence-electron chi connectivity index (χ2n) is 4.05. The number of ketones is 1. The first-order chi connectivity index (χ1) is 8.51. The third kappa shape index (κ3) is 3.13. The Morgan fingerprint density at radius 3 is 1.83 bits per heavy atom. The third-order valence-corrected chi connectivity index (χ3v) is 2.50. The maximum absolute atomic E-state index is 11.5. The summed E-state index contributed by atoms with van der Waals surface area (Å²) in [6.45, 7) is 12.2. The molecule has 1 aromatic rings. The summed E-state index contributed by atoms with van der Waals surface area (Å²) in [5.74, 6) is 1.30. The summed E-state index contributed by atoms with van der Waals surface area (Å²) in [4.78, 5) is 11.5. The number of hydrogen-bond donors (Lipinski definition) is 0. The maximum atomic E-state index is 11.5. The van der Waals surface area contributed by atoms with E-state index in [1.165, 1.54) is 6.92 Å². The minimum Gasteiger partial charge on any atom is -0.493 e. The van der Waals surface area contributed by atoms with E-state index in [1.54, 1.807) is 12.1 Å². The van der Waals surface area contributed by atoms with E-state index in [2.05, 4.69) is 6.58 Å². The van der Waals surface area contributed by atoms with E-state index < -0.39 is 0 Å². The molecule has 1 aromatic carbocycles. The molecule has 0 spiro atoms. The van der Waals surface area contributed by atoms with Crippen molar-refractivity contribution in [3.05, 3.63) is 29.8 Å². The highest BCUT2D eigenvalue weighted by molar-refractivity contribution is 5.96. The largest absolute Gasteiger partial charge is 0.493 e. The van der Waals surface area contributed by atoms with Gasteiger partial charge in [-0.1, -0.05) is 6.58 Å². The molecular weight excluding hydrogens is 228 g/mol. The molecule has 0 saturated heterocycles. The molecule has 0 atom stereocenters. The van der Waals surface area contributed by atoms with Gasteiger partial charge < -0.3 is 9.47 Å². The molecule has 1 rings (SSSR count). The zero-order valence-electron chi connectivity index (χ0n) is 11.5. The predicted molar refractivity (Wildman–Crippen MR) is 73.5 cm³/mol. The molecule has 0 aliphatic rings. The Balaban J connectivity index is 3.43. The molecule has 0 aliphatic carbocycles. The first kappa shape index (κ1) is 14.3. The van der Waals surface area contributed by atoms with Gasteiger partial charge in [0.1, 0.15) is 11.5 Å². The van der Waals surface area contributed by atoms with E-state index in [4.69, 9.17) is 9.47 Å². The summed E-state index contributed by atoms with van der Waals surface area (Å²) in [6, 6.07) is 3.50. The Bertz CT molecular complexity index is 434. The third-order valence-electron chi connectivity index (χ3n) is 2.50. The number of allylic oxidation sites excluding steroid dienone is 1. The van der Waals surface area contributed by atoms with Crippen LogP contribution in [0.4, 0.5) is 0 Å². The molecule has 18 heavy (non-hydrogen) atoms. The second kappa shape index (κ2) is 6.24. The highest BCUT2D eigenvalue weighted by atomic mass is 16.5. The summed E-state index contributed by atoms with van der Waals surface area (Å²) >= 11 is 0. The molecule has 0 unspecified atom stereocenters. The van der Waals surface area contributed by atoms with Crippen LogP contribution in [0.3, 0.4) is 0 Å². The van der Waals surface area contributed by atoms with Gasteiger partial charge in [-0.25, -0.2) is 0 Å². The van der Waals surface area contributed by atoms with Crippen molar-refractivity contribution in [3.8, 4) is 11.5 Å². The van der Waals surface area contributed by atoms with Crippen molar-refractivity contribution in [1.29, 1.82) is 0 Å². The highest BCUT2D eigenvalue weighted by Gasteiger charge is 2.15. The molecule has 0 saturated carbocycles. The van der Waals surface area contributed by atoms with Gasteiger partial charge in [-0.3, -0.25) is 4.79 Å². The molecule has 3 heteroatoms. The lowest BCUT2D eigenvalue weighted by Gasteiger charge is -2.16. The van der Waals surface area contributed by atoms with Gasteiger partial charge in [-0.15, -0.1) is 0 Å². The number of ether oxygens (including phenoxy) is 2. The van der Waals surface area contributed by atoms with Crippen molar-refractivity contribution in [3.63, 3.8) is 0 Å². The smallest absolute Gasteiger partial charge is 0.160 e. The normalized spacial score (nSPS) is 10.0. The van der Waals surface area contributed by atoms with Gasteiger partial charge in [0.15, 0.2) is 5.78 Å². The highest BCUT2D eigenvalue weighted by Crippen LogP contribution is 2.36. The van der Waals surface area contributed by atoms with Crippen molar-refractivity contribution in [2.75, 3.05) is 13.2 Å². The standard InChI is InChI=1S/C15H20O3/c1-6-17-13-8-12(11(5)16)9-14(18-7-2)15(13)10(3)4/h8-9H,3,6-7H2,1-2,4-5H3. The van der Waals surface area contributed by atoms with E-state index in [-0.39, 0.29) is 5.78 Å². The SMILES string of the molecule is C=C(C)c1c(OCC)cc(C(C)=O)cc1OCC. The van der Waals surface area contributed by atoms with E-state index in [9.17, 15) is 4.79 Å². The molecule has 98 valence electrons. The van der Waals surface area contributed by atoms with Crippen molar-refractivity contribution >= 4 is 11.4 Å². The molecular formula is C15H20O3. The van der Waals surface area contributed by atoms with Gasteiger partial charge in [0.05, 0.1) is 18.8 Å². The van der Waals surface area contributed by atoms with E-state index in [0.29, 0.717) is 30.3 Å². The zero-order valence-corrected chi connectivity index (χ0v) is 11.5. The second-order valence-corrected chi connectivity index (χ2v) is 4.05. The van der Waals surface area contributed by atoms with E-state index in [0.717, 1.165) is 11.1 Å². The monoisotopic (exact) mass is 248 g/mol. The van der Waals surface area contributed by atoms with Crippen molar-refractivity contribution in [1.82, 2.24) is 0 Å². The summed E-state index contributed by atoms with van der Waals surface area (Å²) < 4.78 is 11.2. The van der Waals surface area contributed by atoms with Crippen molar-refractivity contribution in [2.24, 2.45) is 0 Å². The first-order valence-electron chi connectivity index (χ1n) is 6.11. The van der Waals surface area contributed by atoms with Crippen LogP contribution in [0.25, 0.3) is 5.57 Å². The fourth-order valence-electron chi connectivity index (χ4n) is 1.75. The molecule has 0 radical (unpaired) electrons. The Morgan fingerprint density at radius 1 is 1.11 bits per heavy atom. The van der Waals surface area contributed by atoms with Gasteiger partial charge in [0.25, 0.3) is 0 Å². The van der Waals surface area contributed by atoms with Crippen LogP contribution >= 0.6 is 0 Å². The molecule has 0 aromatic heterocycles. The summed E-state index contributed by atoms with van der Waals surface area (Å²) in [5, 5.41) is 0. The van der Waals surface area contributed by atoms with Crippen molar-refractivity contribution in [2.45, 2.75) is 27.7 Å². The van der Waals surface area contributed by atoms with E-state index in [1.807, 2.05) is 20.8 Å². The lowest BCUT2D eigenvalue weighted by molar-refractivity contribution is 0.101. The molecule has 0 aliphatic heterocycles. The summed E-state index contributed by atoms with van der Waals surface area (Å²) in [6.07, 6.45) is 0. The van der Waals surface area contributed by atoms with E-state index >= 15 is 0 Å². The Morgan fingerprint density at radius 2 is 1.56 bits per heavy atom. The van der Waals surface area contributed by atoms with Gasteiger partial charge in [0, 0.05) is 5.56 Å². The minimum atomic E-state index is -0.00910. The maximum Gasteiger partial charge on any atom is 0.160 e. The fraction of sp³-hybridized carbons (Fsp3) is 0.400. The fourth-order valence-corrected chi connectivity index (χ4v) is 1.75. The quantitative estimate of drug-likeness (QED) is 0.720. The number of carbonyl (C=O) groups is 1. The Hall–Kier alpha value is -1.77. The molecule has 0 amide bonds. The topological polar surface area (TPSA) is 35.5 Å². The molecule has 0 bridgehead atoms. The van der Waals surface area contributed by atoms with Crippen LogP contribution in [0.2, 0.25) is 0 Å². The average Bonchev–Trinajstić information content (AvgIpc) is 2.28. The van der Waals surface area contributed by atoms with Gasteiger partial charge in [-0.05, 0) is 45.4 Å². The molecule has 0 fully saturated rings. The zero-order chi connectivity index (χ0) is 13.7. The van der Waals surface area contributed by atoms with Crippen LogP contribution in [0.15, 0.2) is 18.7 Å². The molecule has 0 heterocycles. The lowest BCUT2D eigenvalue weighted by atomic mass is 10.0. The van der Waals surface area contributed by atoms with Gasteiger partial charge >= 0.3 is 0 Å².